The molecule has 0 amide bonds. The number of rotatable bonds is 8. The topological polar surface area (TPSA) is 37.3 Å². The van der Waals surface area contributed by atoms with Gasteiger partial charge in [-0.25, -0.2) is 0 Å². The molecule has 0 aliphatic carbocycles. The first-order valence-corrected chi connectivity index (χ1v) is 4.99. The summed E-state index contributed by atoms with van der Waals surface area (Å²) in [4.78, 5) is 10.1. The molecule has 0 bridgehead atoms. The van der Waals surface area contributed by atoms with E-state index >= 15 is 0 Å². The molecular formula is C10H20O2Zr. The molecule has 0 heterocycles. The molecule has 0 aliphatic rings. The molecule has 0 aromatic rings. The van der Waals surface area contributed by atoms with Crippen molar-refractivity contribution >= 4 is 5.97 Å². The van der Waals surface area contributed by atoms with Crippen LogP contribution in [0.2, 0.25) is 0 Å². The molecule has 0 atom stereocenters. The molecular weight excluding hydrogens is 243 g/mol. The second-order valence-corrected chi connectivity index (χ2v) is 3.27. The third kappa shape index (κ3) is 15.1. The van der Waals surface area contributed by atoms with Crippen molar-refractivity contribution in [2.24, 2.45) is 0 Å². The summed E-state index contributed by atoms with van der Waals surface area (Å²) in [6, 6.07) is 0. The number of hydrogen-bond donors (Lipinski definition) is 1. The first-order valence-electron chi connectivity index (χ1n) is 4.99. The maximum Gasteiger partial charge on any atom is 0.303 e. The second kappa shape index (κ2) is 12.4. The van der Waals surface area contributed by atoms with Crippen molar-refractivity contribution < 1.29 is 36.1 Å². The molecule has 76 valence electrons. The number of carboxylic acid groups (broad SMARTS) is 1. The van der Waals surface area contributed by atoms with E-state index in [4.69, 9.17) is 5.11 Å². The van der Waals surface area contributed by atoms with Crippen LogP contribution in [0.4, 0.5) is 0 Å². The summed E-state index contributed by atoms with van der Waals surface area (Å²) < 4.78 is 0. The van der Waals surface area contributed by atoms with Crippen LogP contribution in [0.1, 0.15) is 58.3 Å². The van der Waals surface area contributed by atoms with Gasteiger partial charge in [-0.2, -0.15) is 0 Å². The molecule has 0 unspecified atom stereocenters. The second-order valence-electron chi connectivity index (χ2n) is 3.27. The van der Waals surface area contributed by atoms with Crippen LogP contribution in [-0.2, 0) is 31.0 Å². The average molecular weight is 263 g/mol. The summed E-state index contributed by atoms with van der Waals surface area (Å²) in [5, 5.41) is 8.35. The fourth-order valence-corrected chi connectivity index (χ4v) is 1.23. The minimum atomic E-state index is -0.663. The van der Waals surface area contributed by atoms with Crippen molar-refractivity contribution in [3.05, 3.63) is 0 Å². The largest absolute Gasteiger partial charge is 0.481 e. The van der Waals surface area contributed by atoms with Crippen LogP contribution < -0.4 is 0 Å². The van der Waals surface area contributed by atoms with Crippen LogP contribution in [0.25, 0.3) is 0 Å². The smallest absolute Gasteiger partial charge is 0.303 e. The Morgan fingerprint density at radius 3 is 1.92 bits per heavy atom. The summed E-state index contributed by atoms with van der Waals surface area (Å²) in [6.45, 7) is 2.20. The Balaban J connectivity index is 0. The van der Waals surface area contributed by atoms with Crippen molar-refractivity contribution in [3.63, 3.8) is 0 Å². The third-order valence-corrected chi connectivity index (χ3v) is 1.99. The molecule has 2 nitrogen and oxygen atoms in total. The standard InChI is InChI=1S/C10H20O2.Zr/c1-2-3-4-5-6-7-8-9-10(11)12;/h2-9H2,1H3,(H,11,12);. The normalized spacial score (nSPS) is 9.31. The zero-order valence-electron chi connectivity index (χ0n) is 8.51. The van der Waals surface area contributed by atoms with E-state index in [9.17, 15) is 4.79 Å². The molecule has 0 saturated heterocycles. The van der Waals surface area contributed by atoms with Gasteiger partial charge < -0.3 is 5.11 Å². The molecule has 0 fully saturated rings. The Morgan fingerprint density at radius 1 is 1.00 bits per heavy atom. The summed E-state index contributed by atoms with van der Waals surface area (Å²) >= 11 is 0. The molecule has 0 radical (unpaired) electrons. The minimum Gasteiger partial charge on any atom is -0.481 e. The fraction of sp³-hybridized carbons (Fsp3) is 0.900. The Kier molecular flexibility index (Phi) is 15.0. The van der Waals surface area contributed by atoms with Gasteiger partial charge >= 0.3 is 5.97 Å². The molecule has 1 N–H and O–H groups in total. The van der Waals surface area contributed by atoms with E-state index in [0.29, 0.717) is 6.42 Å². The van der Waals surface area contributed by atoms with Gasteiger partial charge in [0.15, 0.2) is 0 Å². The number of unbranched alkanes of at least 4 members (excludes halogenated alkanes) is 6. The van der Waals surface area contributed by atoms with E-state index < -0.39 is 5.97 Å². The quantitative estimate of drug-likeness (QED) is 0.683. The molecule has 3 heteroatoms. The maximum absolute atomic E-state index is 10.1. The van der Waals surface area contributed by atoms with E-state index in [-0.39, 0.29) is 26.2 Å². The molecule has 0 aromatic heterocycles. The summed E-state index contributed by atoms with van der Waals surface area (Å²) in [5.74, 6) is -0.663. The molecule has 0 aliphatic heterocycles. The van der Waals surface area contributed by atoms with Crippen LogP contribution in [0.5, 0.6) is 0 Å². The number of carbonyl (C=O) groups is 1. The van der Waals surface area contributed by atoms with Crippen molar-refractivity contribution in [2.45, 2.75) is 58.3 Å². The van der Waals surface area contributed by atoms with E-state index in [1.54, 1.807) is 0 Å². The molecule has 0 saturated carbocycles. The Morgan fingerprint density at radius 2 is 1.46 bits per heavy atom. The number of hydrogen-bond acceptors (Lipinski definition) is 1. The maximum atomic E-state index is 10.1. The zero-order valence-corrected chi connectivity index (χ0v) is 11.0. The molecule has 0 aromatic carbocycles. The van der Waals surface area contributed by atoms with Gasteiger partial charge in [-0.15, -0.1) is 0 Å². The van der Waals surface area contributed by atoms with Gasteiger partial charge in [0, 0.05) is 32.6 Å². The number of aliphatic carboxylic acids is 1. The monoisotopic (exact) mass is 262 g/mol. The Bertz CT molecular complexity index is 115. The molecule has 0 spiro atoms. The zero-order chi connectivity index (χ0) is 9.23. The first-order chi connectivity index (χ1) is 5.77. The van der Waals surface area contributed by atoms with E-state index in [1.165, 1.54) is 32.1 Å². The van der Waals surface area contributed by atoms with E-state index in [2.05, 4.69) is 6.92 Å². The Hall–Kier alpha value is 0.353. The van der Waals surface area contributed by atoms with Crippen LogP contribution >= 0.6 is 0 Å². The van der Waals surface area contributed by atoms with E-state index in [0.717, 1.165) is 12.8 Å². The van der Waals surface area contributed by atoms with Crippen molar-refractivity contribution in [1.82, 2.24) is 0 Å². The SMILES string of the molecule is CCCCCCCCCC(=O)O.[Zr]. The Labute approximate surface area is 100 Å². The van der Waals surface area contributed by atoms with Crippen LogP contribution in [0.3, 0.4) is 0 Å². The van der Waals surface area contributed by atoms with Gasteiger partial charge in [-0.05, 0) is 6.42 Å². The predicted molar refractivity (Wildman–Crippen MR) is 50.2 cm³/mol. The summed E-state index contributed by atoms with van der Waals surface area (Å²) in [7, 11) is 0. The van der Waals surface area contributed by atoms with Gasteiger partial charge in [0.25, 0.3) is 0 Å². The van der Waals surface area contributed by atoms with Crippen molar-refractivity contribution in [2.75, 3.05) is 0 Å². The van der Waals surface area contributed by atoms with Crippen LogP contribution in [-0.4, -0.2) is 11.1 Å². The van der Waals surface area contributed by atoms with Gasteiger partial charge in [-0.1, -0.05) is 45.4 Å². The summed E-state index contributed by atoms with van der Waals surface area (Å²) in [5.41, 5.74) is 0. The average Bonchev–Trinajstić information content (AvgIpc) is 2.02. The van der Waals surface area contributed by atoms with Crippen molar-refractivity contribution in [1.29, 1.82) is 0 Å². The van der Waals surface area contributed by atoms with Gasteiger partial charge in [0.2, 0.25) is 0 Å². The minimum absolute atomic E-state index is 0. The predicted octanol–water partition coefficient (Wildman–Crippen LogP) is 3.21. The van der Waals surface area contributed by atoms with Crippen LogP contribution in [0.15, 0.2) is 0 Å². The van der Waals surface area contributed by atoms with Crippen LogP contribution in [0, 0.1) is 0 Å². The molecule has 0 rings (SSSR count). The van der Waals surface area contributed by atoms with Crippen molar-refractivity contribution in [3.8, 4) is 0 Å². The molecule has 13 heavy (non-hydrogen) atoms. The van der Waals surface area contributed by atoms with Gasteiger partial charge in [0.05, 0.1) is 0 Å². The summed E-state index contributed by atoms with van der Waals surface area (Å²) in [6.07, 6.45) is 8.64. The first kappa shape index (κ1) is 15.8. The van der Waals surface area contributed by atoms with Gasteiger partial charge in [0.1, 0.15) is 0 Å². The number of carboxylic acids is 1. The fourth-order valence-electron chi connectivity index (χ4n) is 1.23. The third-order valence-electron chi connectivity index (χ3n) is 1.99. The van der Waals surface area contributed by atoms with E-state index in [1.807, 2.05) is 0 Å². The van der Waals surface area contributed by atoms with Gasteiger partial charge in [-0.3, -0.25) is 4.79 Å².